The van der Waals surface area contributed by atoms with Crippen LogP contribution in [0.2, 0.25) is 0 Å². The number of aryl methyl sites for hydroxylation is 1. The Labute approximate surface area is 193 Å². The summed E-state index contributed by atoms with van der Waals surface area (Å²) in [5.41, 5.74) is 5.53. The number of H-pyrrole nitrogens is 2. The van der Waals surface area contributed by atoms with E-state index < -0.39 is 0 Å². The van der Waals surface area contributed by atoms with Crippen LogP contribution in [0.5, 0.6) is 5.75 Å². The highest BCUT2D eigenvalue weighted by atomic mass is 16.5. The zero-order valence-electron chi connectivity index (χ0n) is 19.3. The van der Waals surface area contributed by atoms with E-state index in [1.165, 1.54) is 42.0 Å². The predicted octanol–water partition coefficient (Wildman–Crippen LogP) is 5.26. The van der Waals surface area contributed by atoms with Crippen molar-refractivity contribution in [2.75, 3.05) is 33.9 Å². The molecule has 2 N–H and O–H groups in total. The molecular weight excluding hydrogens is 414 g/mol. The second-order valence-corrected chi connectivity index (χ2v) is 8.94. The number of benzene rings is 2. The second-order valence-electron chi connectivity index (χ2n) is 8.94. The predicted molar refractivity (Wildman–Crippen MR) is 131 cm³/mol. The number of aromatic amines is 2. The van der Waals surface area contributed by atoms with E-state index in [0.29, 0.717) is 11.5 Å². The van der Waals surface area contributed by atoms with Gasteiger partial charge in [0.2, 0.25) is 0 Å². The number of aromatic nitrogens is 2. The van der Waals surface area contributed by atoms with Crippen LogP contribution in [0.25, 0.3) is 21.8 Å². The van der Waals surface area contributed by atoms with Gasteiger partial charge in [0.1, 0.15) is 5.75 Å². The van der Waals surface area contributed by atoms with Crippen molar-refractivity contribution in [2.45, 2.75) is 31.6 Å². The molecule has 0 unspecified atom stereocenters. The lowest BCUT2D eigenvalue weighted by Gasteiger charge is -2.32. The number of esters is 1. The fourth-order valence-corrected chi connectivity index (χ4v) is 5.18. The summed E-state index contributed by atoms with van der Waals surface area (Å²) in [6.07, 6.45) is 8.71. The molecule has 1 aliphatic heterocycles. The maximum atomic E-state index is 11.9. The van der Waals surface area contributed by atoms with E-state index in [0.717, 1.165) is 49.1 Å². The highest BCUT2D eigenvalue weighted by Gasteiger charge is 2.23. The lowest BCUT2D eigenvalue weighted by molar-refractivity contribution is 0.0601. The van der Waals surface area contributed by atoms with E-state index >= 15 is 0 Å². The van der Waals surface area contributed by atoms with E-state index in [1.54, 1.807) is 7.11 Å². The van der Waals surface area contributed by atoms with Crippen LogP contribution in [0.3, 0.4) is 0 Å². The number of carbonyl (C=O) groups is 1. The molecule has 0 bridgehead atoms. The summed E-state index contributed by atoms with van der Waals surface area (Å²) < 4.78 is 10.3. The van der Waals surface area contributed by atoms with Crippen molar-refractivity contribution in [3.63, 3.8) is 0 Å². The third-order valence-corrected chi connectivity index (χ3v) is 7.06. The van der Waals surface area contributed by atoms with Crippen molar-refractivity contribution in [1.29, 1.82) is 0 Å². The fourth-order valence-electron chi connectivity index (χ4n) is 5.18. The Morgan fingerprint density at radius 1 is 1.00 bits per heavy atom. The molecule has 1 aliphatic rings. The maximum absolute atomic E-state index is 11.9. The lowest BCUT2D eigenvalue weighted by atomic mass is 9.89. The first kappa shape index (κ1) is 21.6. The van der Waals surface area contributed by atoms with Gasteiger partial charge in [0, 0.05) is 34.2 Å². The van der Waals surface area contributed by atoms with Crippen LogP contribution in [0, 0.1) is 0 Å². The first-order valence-corrected chi connectivity index (χ1v) is 11.7. The Balaban J connectivity index is 1.17. The number of nitrogens with zero attached hydrogens (tertiary/aromatic N) is 1. The highest BCUT2D eigenvalue weighted by Crippen LogP contribution is 2.34. The minimum absolute atomic E-state index is 0.291. The zero-order valence-corrected chi connectivity index (χ0v) is 19.3. The molecule has 5 rings (SSSR count). The number of piperidine rings is 1. The van der Waals surface area contributed by atoms with E-state index in [4.69, 9.17) is 9.47 Å². The Morgan fingerprint density at radius 3 is 2.55 bits per heavy atom. The van der Waals surface area contributed by atoms with Crippen LogP contribution < -0.4 is 4.74 Å². The second kappa shape index (κ2) is 9.32. The van der Waals surface area contributed by atoms with E-state index in [-0.39, 0.29) is 5.97 Å². The largest absolute Gasteiger partial charge is 0.497 e. The van der Waals surface area contributed by atoms with Gasteiger partial charge < -0.3 is 24.3 Å². The number of carbonyl (C=O) groups excluding carboxylic acids is 1. The molecule has 0 spiro atoms. The lowest BCUT2D eigenvalue weighted by Crippen LogP contribution is -2.33. The monoisotopic (exact) mass is 445 g/mol. The van der Waals surface area contributed by atoms with Gasteiger partial charge in [0.25, 0.3) is 0 Å². The molecule has 0 atom stereocenters. The van der Waals surface area contributed by atoms with E-state index in [9.17, 15) is 4.79 Å². The molecule has 3 heterocycles. The van der Waals surface area contributed by atoms with Crippen molar-refractivity contribution >= 4 is 27.8 Å². The number of methoxy groups -OCH3 is 2. The number of nitrogens with one attached hydrogen (secondary N) is 2. The Hall–Kier alpha value is -3.25. The molecule has 1 saturated heterocycles. The van der Waals surface area contributed by atoms with E-state index in [1.807, 2.05) is 24.3 Å². The molecule has 0 saturated carbocycles. The van der Waals surface area contributed by atoms with Crippen LogP contribution in [0.15, 0.2) is 48.8 Å². The van der Waals surface area contributed by atoms with Crippen molar-refractivity contribution in [2.24, 2.45) is 0 Å². The van der Waals surface area contributed by atoms with Crippen molar-refractivity contribution in [3.05, 3.63) is 65.5 Å². The minimum Gasteiger partial charge on any atom is -0.497 e. The summed E-state index contributed by atoms with van der Waals surface area (Å²) in [4.78, 5) is 21.2. The van der Waals surface area contributed by atoms with Gasteiger partial charge >= 0.3 is 5.97 Å². The van der Waals surface area contributed by atoms with Crippen molar-refractivity contribution in [1.82, 2.24) is 14.9 Å². The van der Waals surface area contributed by atoms with E-state index in [2.05, 4.69) is 39.4 Å². The summed E-state index contributed by atoms with van der Waals surface area (Å²) >= 11 is 0. The molecule has 0 aliphatic carbocycles. The fraction of sp³-hybridized carbons (Fsp3) is 0.370. The van der Waals surface area contributed by atoms with Crippen molar-refractivity contribution in [3.8, 4) is 5.75 Å². The van der Waals surface area contributed by atoms with Crippen LogP contribution in [-0.4, -0.2) is 54.7 Å². The molecule has 1 fully saturated rings. The number of hydrogen-bond donors (Lipinski definition) is 2. The summed E-state index contributed by atoms with van der Waals surface area (Å²) in [6.45, 7) is 3.35. The minimum atomic E-state index is -0.291. The van der Waals surface area contributed by atoms with Gasteiger partial charge in [-0.05, 0) is 98.8 Å². The van der Waals surface area contributed by atoms with Gasteiger partial charge in [-0.2, -0.15) is 0 Å². The first-order valence-electron chi connectivity index (χ1n) is 11.7. The average molecular weight is 446 g/mol. The summed E-state index contributed by atoms with van der Waals surface area (Å²) in [6, 6.07) is 12.0. The number of likely N-dealkylation sites (tertiary alicyclic amines) is 1. The molecule has 6 heteroatoms. The van der Waals surface area contributed by atoms with Gasteiger partial charge in [-0.3, -0.25) is 0 Å². The number of fused-ring (bicyclic) bond motifs is 2. The van der Waals surface area contributed by atoms with Gasteiger partial charge in [-0.25, -0.2) is 4.79 Å². The maximum Gasteiger partial charge on any atom is 0.337 e. The van der Waals surface area contributed by atoms with Crippen LogP contribution in [0.1, 0.15) is 46.7 Å². The molecule has 0 radical (unpaired) electrons. The quantitative estimate of drug-likeness (QED) is 0.381. The summed E-state index contributed by atoms with van der Waals surface area (Å²) in [5, 5.41) is 2.41. The van der Waals surface area contributed by atoms with Gasteiger partial charge in [-0.1, -0.05) is 0 Å². The standard InChI is InChI=1S/C27H31N3O3/c1-32-21-6-8-26-23(15-21)24(17-29-26)18-9-12-30(13-10-18)11-3-4-20-16-28-25-7-5-19(14-22(20)25)27(31)33-2/h5-8,14-18,28-29H,3-4,9-13H2,1-2H3. The molecule has 2 aromatic heterocycles. The number of rotatable bonds is 7. The molecule has 2 aromatic carbocycles. The molecule has 33 heavy (non-hydrogen) atoms. The number of ether oxygens (including phenoxy) is 2. The van der Waals surface area contributed by atoms with Gasteiger partial charge in [-0.15, -0.1) is 0 Å². The zero-order chi connectivity index (χ0) is 22.8. The molecule has 172 valence electrons. The van der Waals surface area contributed by atoms with Crippen LogP contribution in [0.4, 0.5) is 0 Å². The topological polar surface area (TPSA) is 70.4 Å². The highest BCUT2D eigenvalue weighted by molar-refractivity contribution is 5.95. The summed E-state index contributed by atoms with van der Waals surface area (Å²) in [7, 11) is 3.14. The molecular formula is C27H31N3O3. The average Bonchev–Trinajstić information content (AvgIpc) is 3.47. The molecule has 0 amide bonds. The SMILES string of the molecule is COC(=O)c1ccc2[nH]cc(CCCN3CCC(c4c[nH]c5ccc(OC)cc45)CC3)c2c1. The van der Waals surface area contributed by atoms with Crippen LogP contribution >= 0.6 is 0 Å². The molecule has 6 nitrogen and oxygen atoms in total. The number of hydrogen-bond acceptors (Lipinski definition) is 4. The Kier molecular flexibility index (Phi) is 6.09. The smallest absolute Gasteiger partial charge is 0.337 e. The molecule has 4 aromatic rings. The summed E-state index contributed by atoms with van der Waals surface area (Å²) in [5.74, 6) is 1.21. The van der Waals surface area contributed by atoms with Crippen LogP contribution in [-0.2, 0) is 11.2 Å². The van der Waals surface area contributed by atoms with Crippen molar-refractivity contribution < 1.29 is 14.3 Å². The third kappa shape index (κ3) is 4.35. The Morgan fingerprint density at radius 2 is 1.76 bits per heavy atom. The first-order chi connectivity index (χ1) is 16.2. The Bertz CT molecular complexity index is 1260. The van der Waals surface area contributed by atoms with Gasteiger partial charge in [0.05, 0.1) is 19.8 Å². The third-order valence-electron chi connectivity index (χ3n) is 7.06. The normalized spacial score (nSPS) is 15.3. The van der Waals surface area contributed by atoms with Gasteiger partial charge in [0.15, 0.2) is 0 Å².